The number of carbonyl (C=O) groups is 2. The molecular formula is C9H12O4. The summed E-state index contributed by atoms with van der Waals surface area (Å²) in [5.74, 6) is -1.13. The van der Waals surface area contributed by atoms with Crippen molar-refractivity contribution in [1.29, 1.82) is 0 Å². The van der Waals surface area contributed by atoms with Crippen molar-refractivity contribution in [2.45, 2.75) is 31.5 Å². The number of fused-ring (bicyclic) bond motifs is 2. The normalized spacial score (nSPS) is 37.6. The lowest BCUT2D eigenvalue weighted by Crippen LogP contribution is -2.41. The minimum Gasteiger partial charge on any atom is -0.468 e. The molecule has 0 aromatic rings. The minimum atomic E-state index is -0.663. The number of rotatable bonds is 1. The maximum absolute atomic E-state index is 11.5. The Morgan fingerprint density at radius 1 is 1.54 bits per heavy atom. The van der Waals surface area contributed by atoms with Gasteiger partial charge in [0, 0.05) is 6.42 Å². The number of ketones is 1. The SMILES string of the molecule is COC(=O)C1C(=O)CC2CC[C@H]1O2. The number of carbonyl (C=O) groups excluding carboxylic acids is 2. The van der Waals surface area contributed by atoms with E-state index in [-0.39, 0.29) is 18.0 Å². The van der Waals surface area contributed by atoms with Crippen molar-refractivity contribution >= 4 is 11.8 Å². The van der Waals surface area contributed by atoms with Crippen LogP contribution in [0.2, 0.25) is 0 Å². The van der Waals surface area contributed by atoms with Crippen molar-refractivity contribution in [3.63, 3.8) is 0 Å². The van der Waals surface area contributed by atoms with Crippen LogP contribution in [0.5, 0.6) is 0 Å². The van der Waals surface area contributed by atoms with Gasteiger partial charge in [-0.1, -0.05) is 0 Å². The molecule has 0 amide bonds. The highest BCUT2D eigenvalue weighted by Crippen LogP contribution is 2.34. The Morgan fingerprint density at radius 2 is 2.31 bits per heavy atom. The molecule has 4 nitrogen and oxygen atoms in total. The predicted molar refractivity (Wildman–Crippen MR) is 43.0 cm³/mol. The lowest BCUT2D eigenvalue weighted by Gasteiger charge is -2.25. The fourth-order valence-corrected chi connectivity index (χ4v) is 2.10. The van der Waals surface area contributed by atoms with Crippen LogP contribution in [-0.4, -0.2) is 31.1 Å². The molecule has 2 aliphatic heterocycles. The van der Waals surface area contributed by atoms with E-state index in [9.17, 15) is 9.59 Å². The van der Waals surface area contributed by atoms with Crippen molar-refractivity contribution in [1.82, 2.24) is 0 Å². The molecule has 2 bridgehead atoms. The quantitative estimate of drug-likeness (QED) is 0.434. The Bertz CT molecular complexity index is 248. The van der Waals surface area contributed by atoms with Gasteiger partial charge in [-0.25, -0.2) is 0 Å². The van der Waals surface area contributed by atoms with E-state index in [2.05, 4.69) is 4.74 Å². The van der Waals surface area contributed by atoms with Crippen LogP contribution >= 0.6 is 0 Å². The van der Waals surface area contributed by atoms with E-state index in [4.69, 9.17) is 4.74 Å². The minimum absolute atomic E-state index is 0.0226. The molecule has 0 aromatic heterocycles. The van der Waals surface area contributed by atoms with Crippen LogP contribution in [0.3, 0.4) is 0 Å². The molecule has 3 atom stereocenters. The topological polar surface area (TPSA) is 52.6 Å². The molecule has 4 heteroatoms. The second kappa shape index (κ2) is 3.10. The standard InChI is InChI=1S/C9H12O4/c1-12-9(11)8-6(10)4-5-2-3-7(8)13-5/h5,7-8H,2-4H2,1H3/t5?,7-,8?/m1/s1. The first-order valence-corrected chi connectivity index (χ1v) is 4.48. The van der Waals surface area contributed by atoms with Crippen LogP contribution in [0, 0.1) is 5.92 Å². The molecule has 2 rings (SSSR count). The van der Waals surface area contributed by atoms with E-state index in [1.807, 2.05) is 0 Å². The molecule has 0 aromatic carbocycles. The number of methoxy groups -OCH3 is 1. The third kappa shape index (κ3) is 1.35. The monoisotopic (exact) mass is 184 g/mol. The molecule has 2 unspecified atom stereocenters. The largest absolute Gasteiger partial charge is 0.468 e. The predicted octanol–water partition coefficient (Wildman–Crippen LogP) is 0.296. The summed E-state index contributed by atoms with van der Waals surface area (Å²) >= 11 is 0. The number of Topliss-reactive ketones (excluding diaryl/α,β-unsaturated/α-hetero) is 1. The summed E-state index contributed by atoms with van der Waals surface area (Å²) in [6.07, 6.45) is 1.90. The van der Waals surface area contributed by atoms with E-state index in [1.165, 1.54) is 7.11 Å². The highest BCUT2D eigenvalue weighted by atomic mass is 16.5. The molecule has 2 heterocycles. The van der Waals surface area contributed by atoms with Crippen molar-refractivity contribution in [3.05, 3.63) is 0 Å². The van der Waals surface area contributed by atoms with Crippen LogP contribution in [0.25, 0.3) is 0 Å². The number of hydrogen-bond donors (Lipinski definition) is 0. The lowest BCUT2D eigenvalue weighted by atomic mass is 9.94. The van der Waals surface area contributed by atoms with Gasteiger partial charge in [0.1, 0.15) is 5.92 Å². The van der Waals surface area contributed by atoms with Gasteiger partial charge in [0.2, 0.25) is 0 Å². The fraction of sp³-hybridized carbons (Fsp3) is 0.778. The molecule has 2 saturated heterocycles. The van der Waals surface area contributed by atoms with Gasteiger partial charge in [-0.3, -0.25) is 9.59 Å². The van der Waals surface area contributed by atoms with Crippen LogP contribution in [0.1, 0.15) is 19.3 Å². The summed E-state index contributed by atoms with van der Waals surface area (Å²) in [5.41, 5.74) is 0. The van der Waals surface area contributed by atoms with Gasteiger partial charge < -0.3 is 9.47 Å². The van der Waals surface area contributed by atoms with Gasteiger partial charge in [-0.05, 0) is 12.8 Å². The Kier molecular flexibility index (Phi) is 2.07. The van der Waals surface area contributed by atoms with Crippen molar-refractivity contribution in [3.8, 4) is 0 Å². The molecule has 2 fully saturated rings. The number of hydrogen-bond acceptors (Lipinski definition) is 4. The van der Waals surface area contributed by atoms with Gasteiger partial charge in [-0.2, -0.15) is 0 Å². The fourth-order valence-electron chi connectivity index (χ4n) is 2.10. The average molecular weight is 184 g/mol. The van der Waals surface area contributed by atoms with Gasteiger partial charge in [0.25, 0.3) is 0 Å². The molecular weight excluding hydrogens is 172 g/mol. The molecule has 72 valence electrons. The molecule has 0 N–H and O–H groups in total. The molecule has 0 spiro atoms. The van der Waals surface area contributed by atoms with E-state index in [1.54, 1.807) is 0 Å². The van der Waals surface area contributed by atoms with Gasteiger partial charge in [-0.15, -0.1) is 0 Å². The van der Waals surface area contributed by atoms with Gasteiger partial charge in [0.15, 0.2) is 5.78 Å². The molecule has 0 radical (unpaired) electrons. The van der Waals surface area contributed by atoms with Crippen LogP contribution < -0.4 is 0 Å². The smallest absolute Gasteiger partial charge is 0.318 e. The third-order valence-corrected chi connectivity index (χ3v) is 2.74. The lowest BCUT2D eigenvalue weighted by molar-refractivity contribution is -0.161. The summed E-state index contributed by atoms with van der Waals surface area (Å²) in [4.78, 5) is 22.7. The summed E-state index contributed by atoms with van der Waals surface area (Å²) in [7, 11) is 1.30. The maximum atomic E-state index is 11.5. The zero-order valence-electron chi connectivity index (χ0n) is 7.49. The summed E-state index contributed by atoms with van der Waals surface area (Å²) in [6, 6.07) is 0. The Balaban J connectivity index is 2.16. The summed E-state index contributed by atoms with van der Waals surface area (Å²) in [6.45, 7) is 0. The Morgan fingerprint density at radius 3 is 3.00 bits per heavy atom. The molecule has 0 aliphatic carbocycles. The first kappa shape index (κ1) is 8.69. The van der Waals surface area contributed by atoms with Crippen molar-refractivity contribution < 1.29 is 19.1 Å². The summed E-state index contributed by atoms with van der Waals surface area (Å²) in [5, 5.41) is 0. The van der Waals surface area contributed by atoms with Crippen LogP contribution in [-0.2, 0) is 19.1 Å². The number of esters is 1. The second-order valence-electron chi connectivity index (χ2n) is 3.55. The Labute approximate surface area is 76.2 Å². The molecule has 13 heavy (non-hydrogen) atoms. The second-order valence-corrected chi connectivity index (χ2v) is 3.55. The highest BCUT2D eigenvalue weighted by molar-refractivity contribution is 6.00. The number of ether oxygens (including phenoxy) is 2. The maximum Gasteiger partial charge on any atom is 0.318 e. The molecule has 0 saturated carbocycles. The average Bonchev–Trinajstić information content (AvgIpc) is 2.48. The van der Waals surface area contributed by atoms with E-state index in [0.29, 0.717) is 6.42 Å². The van der Waals surface area contributed by atoms with Gasteiger partial charge in [0.05, 0.1) is 19.3 Å². The van der Waals surface area contributed by atoms with Crippen LogP contribution in [0.4, 0.5) is 0 Å². The third-order valence-electron chi connectivity index (χ3n) is 2.74. The van der Waals surface area contributed by atoms with Crippen molar-refractivity contribution in [2.75, 3.05) is 7.11 Å². The van der Waals surface area contributed by atoms with E-state index >= 15 is 0 Å². The Hall–Kier alpha value is -0.900. The zero-order chi connectivity index (χ0) is 9.42. The highest BCUT2D eigenvalue weighted by Gasteiger charge is 2.46. The zero-order valence-corrected chi connectivity index (χ0v) is 7.49. The van der Waals surface area contributed by atoms with Gasteiger partial charge >= 0.3 is 5.97 Å². The van der Waals surface area contributed by atoms with E-state index in [0.717, 1.165) is 12.8 Å². The first-order valence-electron chi connectivity index (χ1n) is 4.48. The molecule has 2 aliphatic rings. The first-order chi connectivity index (χ1) is 6.22. The van der Waals surface area contributed by atoms with Crippen LogP contribution in [0.15, 0.2) is 0 Å². The summed E-state index contributed by atoms with van der Waals surface area (Å²) < 4.78 is 10.1. The van der Waals surface area contributed by atoms with Crippen molar-refractivity contribution in [2.24, 2.45) is 5.92 Å². The van der Waals surface area contributed by atoms with E-state index < -0.39 is 11.9 Å².